The lowest BCUT2D eigenvalue weighted by atomic mass is 10.1. The topological polar surface area (TPSA) is 66.4 Å². The Morgan fingerprint density at radius 3 is 1.57 bits per heavy atom. The van der Waals surface area contributed by atoms with E-state index in [0.29, 0.717) is 0 Å². The zero-order valence-electron chi connectivity index (χ0n) is 13.1. The van der Waals surface area contributed by atoms with Crippen LogP contribution in [-0.4, -0.2) is 13.5 Å². The fourth-order valence-electron chi connectivity index (χ4n) is 2.43. The Labute approximate surface area is 151 Å². The van der Waals surface area contributed by atoms with Crippen LogP contribution in [0.15, 0.2) is 29.2 Å². The Kier molecular flexibility index (Phi) is 4.61. The van der Waals surface area contributed by atoms with Crippen molar-refractivity contribution < 1.29 is 44.3 Å². The first-order chi connectivity index (χ1) is 13.0. The normalized spacial score (nSPS) is 11.8. The van der Waals surface area contributed by atoms with Crippen molar-refractivity contribution in [1.82, 2.24) is 0 Å². The number of benzene rings is 3. The lowest BCUT2D eigenvalue weighted by Crippen LogP contribution is -2.18. The number of phenolic OH excluding ortho intramolecular Hbond substituents is 1. The van der Waals surface area contributed by atoms with Gasteiger partial charge in [-0.15, -0.1) is 0 Å². The highest BCUT2D eigenvalue weighted by molar-refractivity contribution is 7.92. The van der Waals surface area contributed by atoms with Crippen LogP contribution in [0, 0.1) is 40.7 Å². The Morgan fingerprint density at radius 1 is 0.643 bits per heavy atom. The molecule has 3 rings (SSSR count). The number of phenols is 1. The third-order valence-corrected chi connectivity index (χ3v) is 5.09. The summed E-state index contributed by atoms with van der Waals surface area (Å²) >= 11 is 0. The van der Waals surface area contributed by atoms with E-state index in [9.17, 15) is 39.2 Å². The second kappa shape index (κ2) is 6.55. The van der Waals surface area contributed by atoms with Crippen molar-refractivity contribution in [2.24, 2.45) is 0 Å². The first-order valence-electron chi connectivity index (χ1n) is 7.11. The van der Waals surface area contributed by atoms with E-state index in [2.05, 4.69) is 0 Å². The number of nitrogens with one attached hydrogen (secondary N) is 1. The molecule has 0 bridgehead atoms. The third-order valence-electron chi connectivity index (χ3n) is 3.69. The minimum Gasteiger partial charge on any atom is -0.508 e. The fraction of sp³-hybridized carbons (Fsp3) is 0. The van der Waals surface area contributed by atoms with Crippen LogP contribution in [0.3, 0.4) is 0 Å². The lowest BCUT2D eigenvalue weighted by molar-refractivity contribution is 0.408. The van der Waals surface area contributed by atoms with Crippen molar-refractivity contribution in [3.05, 3.63) is 65.0 Å². The molecule has 0 unspecified atom stereocenters. The zero-order valence-corrected chi connectivity index (χ0v) is 13.9. The number of anilines is 1. The van der Waals surface area contributed by atoms with E-state index in [1.165, 1.54) is 0 Å². The summed E-state index contributed by atoms with van der Waals surface area (Å²) in [4.78, 5) is -2.07. The van der Waals surface area contributed by atoms with Crippen molar-refractivity contribution in [1.29, 1.82) is 0 Å². The van der Waals surface area contributed by atoms with Gasteiger partial charge >= 0.3 is 0 Å². The van der Waals surface area contributed by atoms with Gasteiger partial charge in [0.05, 0.1) is 10.8 Å². The smallest absolute Gasteiger partial charge is 0.267 e. The van der Waals surface area contributed by atoms with Gasteiger partial charge in [-0.25, -0.2) is 39.2 Å². The molecule has 0 aliphatic heterocycles. The molecule has 0 heterocycles. The fourth-order valence-corrected chi connectivity index (χ4v) is 3.65. The number of halogens is 7. The molecule has 0 aliphatic carbocycles. The Balaban J connectivity index is 2.34. The van der Waals surface area contributed by atoms with E-state index >= 15 is 0 Å². The zero-order chi connectivity index (χ0) is 21.0. The monoisotopic (exact) mass is 425 g/mol. The van der Waals surface area contributed by atoms with Gasteiger partial charge in [-0.05, 0) is 24.3 Å². The average molecular weight is 425 g/mol. The summed E-state index contributed by atoms with van der Waals surface area (Å²) in [5.74, 6) is -17.5. The van der Waals surface area contributed by atoms with E-state index in [-0.39, 0.29) is 11.4 Å². The Bertz CT molecular complexity index is 1230. The van der Waals surface area contributed by atoms with Crippen LogP contribution >= 0.6 is 0 Å². The third kappa shape index (κ3) is 2.89. The van der Waals surface area contributed by atoms with E-state index in [4.69, 9.17) is 5.11 Å². The molecule has 0 amide bonds. The Morgan fingerprint density at radius 2 is 1.07 bits per heavy atom. The SMILES string of the molecule is O=S(=O)(Nc1ccc(O)cc1)c1c(F)c(F)c2c(F)c(F)c(F)c(F)c2c1F. The number of hydrogen-bond acceptors (Lipinski definition) is 3. The first kappa shape index (κ1) is 19.7. The minimum absolute atomic E-state index is 0.285. The maximum Gasteiger partial charge on any atom is 0.267 e. The molecule has 3 aromatic carbocycles. The predicted octanol–water partition coefficient (Wildman–Crippen LogP) is 4.32. The summed E-state index contributed by atoms with van der Waals surface area (Å²) in [6.07, 6.45) is 0. The van der Waals surface area contributed by atoms with Crippen LogP contribution < -0.4 is 4.72 Å². The van der Waals surface area contributed by atoms with Crippen LogP contribution in [0.2, 0.25) is 0 Å². The summed E-state index contributed by atoms with van der Waals surface area (Å²) in [6.45, 7) is 0. The van der Waals surface area contributed by atoms with Gasteiger partial charge in [-0.3, -0.25) is 4.72 Å². The highest BCUT2D eigenvalue weighted by Gasteiger charge is 2.35. The van der Waals surface area contributed by atoms with Crippen LogP contribution in [-0.2, 0) is 10.0 Å². The van der Waals surface area contributed by atoms with Crippen LogP contribution in [0.1, 0.15) is 0 Å². The minimum atomic E-state index is -5.28. The average Bonchev–Trinajstić information content (AvgIpc) is 2.62. The molecule has 148 valence electrons. The van der Waals surface area contributed by atoms with E-state index in [0.717, 1.165) is 24.3 Å². The van der Waals surface area contributed by atoms with Crippen molar-refractivity contribution in [2.45, 2.75) is 4.90 Å². The van der Waals surface area contributed by atoms with Gasteiger partial charge in [0, 0.05) is 5.69 Å². The van der Waals surface area contributed by atoms with Crippen molar-refractivity contribution in [2.75, 3.05) is 4.72 Å². The summed E-state index contributed by atoms with van der Waals surface area (Å²) < 4.78 is 123. The predicted molar refractivity (Wildman–Crippen MR) is 82.6 cm³/mol. The van der Waals surface area contributed by atoms with Crippen molar-refractivity contribution in [3.63, 3.8) is 0 Å². The molecule has 3 aromatic rings. The van der Waals surface area contributed by atoms with Crippen molar-refractivity contribution in [3.8, 4) is 5.75 Å². The molecule has 12 heteroatoms. The van der Waals surface area contributed by atoms with Crippen LogP contribution in [0.5, 0.6) is 5.75 Å². The largest absolute Gasteiger partial charge is 0.508 e. The molecule has 0 fully saturated rings. The van der Waals surface area contributed by atoms with Gasteiger partial charge in [0.1, 0.15) is 5.75 Å². The van der Waals surface area contributed by atoms with Gasteiger partial charge in [0.15, 0.2) is 45.6 Å². The maximum atomic E-state index is 14.6. The molecular formula is C16H6F7NO3S. The highest BCUT2D eigenvalue weighted by atomic mass is 32.2. The van der Waals surface area contributed by atoms with Crippen molar-refractivity contribution >= 4 is 26.5 Å². The standard InChI is InChI=1S/C16H6F7NO3S/c17-9-7-8(10(18)14(22)13(9)21)12(20)16(15(23)11(7)19)28(26,27)24-5-1-3-6(25)4-2-5/h1-4,24-25H. The molecule has 0 saturated carbocycles. The molecule has 0 radical (unpaired) electrons. The summed E-state index contributed by atoms with van der Waals surface area (Å²) in [5, 5.41) is 5.29. The number of rotatable bonds is 3. The molecule has 0 aliphatic rings. The van der Waals surface area contributed by atoms with E-state index in [1.54, 1.807) is 4.72 Å². The number of sulfonamides is 1. The van der Waals surface area contributed by atoms with Gasteiger partial charge in [0.2, 0.25) is 0 Å². The van der Waals surface area contributed by atoms with Crippen LogP contribution in [0.4, 0.5) is 36.4 Å². The summed E-state index contributed by atoms with van der Waals surface area (Å²) in [7, 11) is -5.28. The van der Waals surface area contributed by atoms with Gasteiger partial charge in [-0.2, -0.15) is 0 Å². The molecule has 4 nitrogen and oxygen atoms in total. The van der Waals surface area contributed by atoms with E-state index in [1.807, 2.05) is 0 Å². The second-order valence-electron chi connectivity index (χ2n) is 5.43. The highest BCUT2D eigenvalue weighted by Crippen LogP contribution is 2.36. The van der Waals surface area contributed by atoms with Gasteiger partial charge < -0.3 is 5.11 Å². The number of fused-ring (bicyclic) bond motifs is 1. The summed E-state index contributed by atoms with van der Waals surface area (Å²) in [5.41, 5.74) is -0.339. The number of aromatic hydroxyl groups is 1. The molecule has 28 heavy (non-hydrogen) atoms. The molecule has 2 N–H and O–H groups in total. The maximum absolute atomic E-state index is 14.6. The van der Waals surface area contributed by atoms with E-state index < -0.39 is 66.4 Å². The second-order valence-corrected chi connectivity index (χ2v) is 7.05. The quantitative estimate of drug-likeness (QED) is 0.284. The van der Waals surface area contributed by atoms with Gasteiger partial charge in [0.25, 0.3) is 10.0 Å². The van der Waals surface area contributed by atoms with Gasteiger partial charge in [-0.1, -0.05) is 0 Å². The lowest BCUT2D eigenvalue weighted by Gasteiger charge is -2.14. The molecule has 0 aromatic heterocycles. The Hall–Kier alpha value is -3.02. The van der Waals surface area contributed by atoms with Crippen LogP contribution in [0.25, 0.3) is 10.8 Å². The summed E-state index contributed by atoms with van der Waals surface area (Å²) in [6, 6.07) is 3.93. The molecular weight excluding hydrogens is 419 g/mol. The number of hydrogen-bond donors (Lipinski definition) is 2. The molecule has 0 spiro atoms. The molecule has 0 atom stereocenters. The molecule has 0 saturated heterocycles. The first-order valence-corrected chi connectivity index (χ1v) is 8.59.